The van der Waals surface area contributed by atoms with Gasteiger partial charge in [-0.05, 0) is 48.9 Å². The van der Waals surface area contributed by atoms with Gasteiger partial charge < -0.3 is 15.4 Å². The topological polar surface area (TPSA) is 55.6 Å². The Morgan fingerprint density at radius 1 is 1.11 bits per heavy atom. The van der Waals surface area contributed by atoms with Gasteiger partial charge in [-0.15, -0.1) is 12.4 Å². The highest BCUT2D eigenvalue weighted by Gasteiger charge is 2.42. The third-order valence-corrected chi connectivity index (χ3v) is 6.43. The van der Waals surface area contributed by atoms with Crippen LogP contribution in [0.5, 0.6) is 0 Å². The Labute approximate surface area is 177 Å². The summed E-state index contributed by atoms with van der Waals surface area (Å²) in [6, 6.07) is 18.2. The SMILES string of the molecule is Cl.NC[C@]1(c2cccc(Cl)c2)CC[C@@H](N2C[C@H](c3ccccc3)OC2=O)CC1. The highest BCUT2D eigenvalue weighted by molar-refractivity contribution is 6.30. The summed E-state index contributed by atoms with van der Waals surface area (Å²) in [5, 5.41) is 0.747. The first-order valence-corrected chi connectivity index (χ1v) is 9.97. The number of hydrogen-bond donors (Lipinski definition) is 1. The minimum Gasteiger partial charge on any atom is -0.439 e. The molecule has 0 unspecified atom stereocenters. The lowest BCUT2D eigenvalue weighted by Crippen LogP contribution is -2.45. The Morgan fingerprint density at radius 3 is 2.46 bits per heavy atom. The highest BCUT2D eigenvalue weighted by atomic mass is 35.5. The Bertz CT molecular complexity index is 807. The molecule has 1 heterocycles. The lowest BCUT2D eigenvalue weighted by Gasteiger charge is -2.42. The van der Waals surface area contributed by atoms with E-state index in [-0.39, 0.29) is 36.1 Å². The lowest BCUT2D eigenvalue weighted by atomic mass is 9.68. The smallest absolute Gasteiger partial charge is 0.410 e. The van der Waals surface area contributed by atoms with Crippen molar-refractivity contribution in [3.8, 4) is 0 Å². The summed E-state index contributed by atoms with van der Waals surface area (Å²) in [5.41, 5.74) is 8.41. The molecule has 1 aliphatic carbocycles. The summed E-state index contributed by atoms with van der Waals surface area (Å²) in [5.74, 6) is 0. The normalized spacial score (nSPS) is 27.2. The number of carbonyl (C=O) groups is 1. The lowest BCUT2D eigenvalue weighted by molar-refractivity contribution is 0.117. The summed E-state index contributed by atoms with van der Waals surface area (Å²) in [4.78, 5) is 14.4. The minimum absolute atomic E-state index is 0. The predicted molar refractivity (Wildman–Crippen MR) is 114 cm³/mol. The molecule has 0 bridgehead atoms. The zero-order chi connectivity index (χ0) is 18.9. The number of benzene rings is 2. The molecule has 6 heteroatoms. The molecule has 1 atom stereocenters. The molecule has 4 rings (SSSR count). The summed E-state index contributed by atoms with van der Waals surface area (Å²) in [6.45, 7) is 1.22. The van der Waals surface area contributed by atoms with Crippen LogP contribution in [0.25, 0.3) is 0 Å². The minimum atomic E-state index is -0.197. The average Bonchev–Trinajstić information content (AvgIpc) is 3.10. The maximum Gasteiger partial charge on any atom is 0.410 e. The van der Waals surface area contributed by atoms with Gasteiger partial charge in [0.15, 0.2) is 0 Å². The fourth-order valence-electron chi connectivity index (χ4n) is 4.51. The largest absolute Gasteiger partial charge is 0.439 e. The van der Waals surface area contributed by atoms with Crippen molar-refractivity contribution in [3.05, 3.63) is 70.7 Å². The highest BCUT2D eigenvalue weighted by Crippen LogP contribution is 2.42. The van der Waals surface area contributed by atoms with E-state index in [1.807, 2.05) is 53.4 Å². The van der Waals surface area contributed by atoms with E-state index in [1.54, 1.807) is 0 Å². The zero-order valence-electron chi connectivity index (χ0n) is 15.7. The molecule has 0 aromatic heterocycles. The maximum absolute atomic E-state index is 12.5. The van der Waals surface area contributed by atoms with Crippen molar-refractivity contribution in [2.24, 2.45) is 5.73 Å². The van der Waals surface area contributed by atoms with Crippen molar-refractivity contribution < 1.29 is 9.53 Å². The molecule has 1 aliphatic heterocycles. The van der Waals surface area contributed by atoms with Crippen LogP contribution in [0, 0.1) is 0 Å². The molecule has 2 aromatic rings. The van der Waals surface area contributed by atoms with E-state index in [4.69, 9.17) is 22.1 Å². The van der Waals surface area contributed by atoms with Crippen molar-refractivity contribution in [1.29, 1.82) is 0 Å². The quantitative estimate of drug-likeness (QED) is 0.748. The van der Waals surface area contributed by atoms with Crippen molar-refractivity contribution in [2.45, 2.75) is 43.2 Å². The monoisotopic (exact) mass is 420 g/mol. The van der Waals surface area contributed by atoms with E-state index in [1.165, 1.54) is 5.56 Å². The van der Waals surface area contributed by atoms with Gasteiger partial charge in [0.05, 0.1) is 6.54 Å². The summed E-state index contributed by atoms with van der Waals surface area (Å²) < 4.78 is 5.64. The maximum atomic E-state index is 12.5. The molecule has 0 radical (unpaired) electrons. The van der Waals surface area contributed by atoms with E-state index >= 15 is 0 Å². The van der Waals surface area contributed by atoms with Crippen molar-refractivity contribution >= 4 is 30.1 Å². The summed E-state index contributed by atoms with van der Waals surface area (Å²) in [6.07, 6.45) is 3.40. The van der Waals surface area contributed by atoms with Crippen LogP contribution in [0.2, 0.25) is 5.02 Å². The van der Waals surface area contributed by atoms with Crippen LogP contribution in [0.1, 0.15) is 42.9 Å². The first-order valence-electron chi connectivity index (χ1n) is 9.60. The summed E-state index contributed by atoms with van der Waals surface area (Å²) >= 11 is 6.20. The molecular weight excluding hydrogens is 395 g/mol. The first-order chi connectivity index (χ1) is 13.1. The van der Waals surface area contributed by atoms with Crippen LogP contribution in [0.15, 0.2) is 54.6 Å². The van der Waals surface area contributed by atoms with Crippen LogP contribution < -0.4 is 5.73 Å². The average molecular weight is 421 g/mol. The molecule has 1 amide bonds. The molecule has 2 N–H and O–H groups in total. The van der Waals surface area contributed by atoms with Crippen molar-refractivity contribution in [3.63, 3.8) is 0 Å². The second-order valence-corrected chi connectivity index (χ2v) is 8.10. The Kier molecular flexibility index (Phi) is 6.54. The molecule has 2 aliphatic rings. The number of ether oxygens (including phenoxy) is 1. The molecule has 2 aromatic carbocycles. The molecule has 28 heavy (non-hydrogen) atoms. The van der Waals surface area contributed by atoms with Gasteiger partial charge >= 0.3 is 6.09 Å². The second kappa shape index (κ2) is 8.73. The fourth-order valence-corrected chi connectivity index (χ4v) is 4.71. The molecular formula is C22H26Cl2N2O2. The van der Waals surface area contributed by atoms with Gasteiger partial charge in [0.25, 0.3) is 0 Å². The predicted octanol–water partition coefficient (Wildman–Crippen LogP) is 5.09. The number of rotatable bonds is 4. The Morgan fingerprint density at radius 2 is 1.82 bits per heavy atom. The molecule has 1 saturated heterocycles. The molecule has 1 saturated carbocycles. The number of nitrogens with two attached hydrogens (primary N) is 1. The van der Waals surface area contributed by atoms with Crippen LogP contribution in [0.4, 0.5) is 4.79 Å². The van der Waals surface area contributed by atoms with E-state index < -0.39 is 0 Å². The molecule has 2 fully saturated rings. The van der Waals surface area contributed by atoms with E-state index in [0.717, 1.165) is 36.3 Å². The first kappa shape index (κ1) is 21.0. The standard InChI is InChI=1S/C22H25ClN2O2.ClH/c23-18-8-4-7-17(13-18)22(15-24)11-9-19(10-12-22)25-14-20(27-21(25)26)16-5-2-1-3-6-16;/h1-8,13,19-20H,9-12,14-15,24H2;1H/t19-,20-,22+;/m1./s1. The van der Waals surface area contributed by atoms with E-state index in [2.05, 4.69) is 6.07 Å². The molecule has 0 spiro atoms. The van der Waals surface area contributed by atoms with E-state index in [9.17, 15) is 4.79 Å². The number of amides is 1. The summed E-state index contributed by atoms with van der Waals surface area (Å²) in [7, 11) is 0. The van der Waals surface area contributed by atoms with Crippen molar-refractivity contribution in [1.82, 2.24) is 4.90 Å². The van der Waals surface area contributed by atoms with Gasteiger partial charge in [0.1, 0.15) is 6.10 Å². The second-order valence-electron chi connectivity index (χ2n) is 7.66. The Hall–Kier alpha value is -1.75. The van der Waals surface area contributed by atoms with Gasteiger partial charge in [0.2, 0.25) is 0 Å². The van der Waals surface area contributed by atoms with Crippen molar-refractivity contribution in [2.75, 3.05) is 13.1 Å². The number of carbonyl (C=O) groups excluding carboxylic acids is 1. The van der Waals surface area contributed by atoms with Crippen LogP contribution in [-0.4, -0.2) is 30.1 Å². The fraction of sp³-hybridized carbons (Fsp3) is 0.409. The van der Waals surface area contributed by atoms with Gasteiger partial charge in [-0.3, -0.25) is 0 Å². The van der Waals surface area contributed by atoms with Crippen LogP contribution >= 0.6 is 24.0 Å². The van der Waals surface area contributed by atoms with Gasteiger partial charge in [0, 0.05) is 23.0 Å². The van der Waals surface area contributed by atoms with Crippen LogP contribution in [0.3, 0.4) is 0 Å². The number of hydrogen-bond acceptors (Lipinski definition) is 3. The molecule has 150 valence electrons. The van der Waals surface area contributed by atoms with Gasteiger partial charge in [-0.1, -0.05) is 54.1 Å². The third-order valence-electron chi connectivity index (χ3n) is 6.19. The van der Waals surface area contributed by atoms with Gasteiger partial charge in [-0.25, -0.2) is 4.79 Å². The zero-order valence-corrected chi connectivity index (χ0v) is 17.3. The number of nitrogens with zero attached hydrogens (tertiary/aromatic N) is 1. The van der Waals surface area contributed by atoms with Gasteiger partial charge in [-0.2, -0.15) is 0 Å². The van der Waals surface area contributed by atoms with E-state index in [0.29, 0.717) is 13.1 Å². The molecule has 4 nitrogen and oxygen atoms in total. The third kappa shape index (κ3) is 4.00. The van der Waals surface area contributed by atoms with Crippen LogP contribution in [-0.2, 0) is 10.2 Å². The Balaban J connectivity index is 0.00000225. The number of halogens is 2. The number of cyclic esters (lactones) is 1.